The average molecular weight is 325 g/mol. The van der Waals surface area contributed by atoms with E-state index in [1.54, 1.807) is 12.1 Å². The van der Waals surface area contributed by atoms with Gasteiger partial charge in [0.1, 0.15) is 0 Å². The molecule has 7 heteroatoms. The molecule has 2 aromatic carbocycles. The van der Waals surface area contributed by atoms with Crippen molar-refractivity contribution in [3.05, 3.63) is 54.2 Å². The normalized spacial score (nSPS) is 10.5. The first kappa shape index (κ1) is 15.4. The predicted molar refractivity (Wildman–Crippen MR) is 88.3 cm³/mol. The van der Waals surface area contributed by atoms with Gasteiger partial charge in [-0.3, -0.25) is 0 Å². The van der Waals surface area contributed by atoms with Gasteiger partial charge < -0.3 is 20.6 Å². The molecule has 7 nitrogen and oxygen atoms in total. The summed E-state index contributed by atoms with van der Waals surface area (Å²) in [7, 11) is 0. The van der Waals surface area contributed by atoms with Crippen LogP contribution in [0.2, 0.25) is 0 Å². The Labute approximate surface area is 137 Å². The predicted octanol–water partition coefficient (Wildman–Crippen LogP) is 3.06. The molecule has 0 fully saturated rings. The fraction of sp³-hybridized carbons (Fsp3) is 0.0588. The minimum Gasteiger partial charge on any atom is -0.504 e. The van der Waals surface area contributed by atoms with Crippen molar-refractivity contribution in [1.29, 1.82) is 0 Å². The Kier molecular flexibility index (Phi) is 3.83. The van der Waals surface area contributed by atoms with Crippen LogP contribution < -0.4 is 5.32 Å². The quantitative estimate of drug-likeness (QED) is 0.542. The molecule has 24 heavy (non-hydrogen) atoms. The van der Waals surface area contributed by atoms with Crippen LogP contribution in [-0.4, -0.2) is 31.1 Å². The second kappa shape index (κ2) is 5.96. The number of hydrogen-bond acceptors (Lipinski definition) is 5. The summed E-state index contributed by atoms with van der Waals surface area (Å²) in [5.74, 6) is -1.57. The highest BCUT2D eigenvalue weighted by Gasteiger charge is 2.16. The molecular formula is C17H15N3O4. The number of phenolic OH excluding ortho intramolecular Hbond substituents is 3. The second-order valence-corrected chi connectivity index (χ2v) is 5.27. The van der Waals surface area contributed by atoms with Crippen molar-refractivity contribution in [3.63, 3.8) is 0 Å². The van der Waals surface area contributed by atoms with Crippen molar-refractivity contribution in [2.24, 2.45) is 0 Å². The van der Waals surface area contributed by atoms with E-state index in [0.717, 1.165) is 10.2 Å². The summed E-state index contributed by atoms with van der Waals surface area (Å²) in [5, 5.41) is 35.6. The van der Waals surface area contributed by atoms with Crippen LogP contribution in [0.15, 0.2) is 48.7 Å². The SMILES string of the molecule is Cc1ccc(NC(=O)n2ccc(-c3ccc(O)c(O)c3O)n2)cc1. The Hall–Kier alpha value is -3.48. The molecule has 3 aromatic rings. The van der Waals surface area contributed by atoms with Crippen molar-refractivity contribution in [2.75, 3.05) is 5.32 Å². The lowest BCUT2D eigenvalue weighted by Crippen LogP contribution is -2.19. The van der Waals surface area contributed by atoms with Crippen molar-refractivity contribution >= 4 is 11.7 Å². The van der Waals surface area contributed by atoms with E-state index in [1.165, 1.54) is 24.4 Å². The van der Waals surface area contributed by atoms with Crippen LogP contribution in [0, 0.1) is 6.92 Å². The molecule has 1 aromatic heterocycles. The van der Waals surface area contributed by atoms with Crippen LogP contribution in [0.3, 0.4) is 0 Å². The summed E-state index contributed by atoms with van der Waals surface area (Å²) < 4.78 is 1.08. The van der Waals surface area contributed by atoms with Gasteiger partial charge in [0.2, 0.25) is 5.75 Å². The molecule has 1 heterocycles. The summed E-state index contributed by atoms with van der Waals surface area (Å²) in [6, 6.07) is 11.0. The van der Waals surface area contributed by atoms with E-state index in [-0.39, 0.29) is 11.3 Å². The monoisotopic (exact) mass is 325 g/mol. The van der Waals surface area contributed by atoms with E-state index < -0.39 is 23.3 Å². The fourth-order valence-electron chi connectivity index (χ4n) is 2.17. The molecule has 0 bridgehead atoms. The first-order valence-corrected chi connectivity index (χ1v) is 7.13. The molecule has 0 unspecified atom stereocenters. The zero-order valence-electron chi connectivity index (χ0n) is 12.8. The second-order valence-electron chi connectivity index (χ2n) is 5.27. The van der Waals surface area contributed by atoms with Crippen molar-refractivity contribution in [3.8, 4) is 28.5 Å². The number of anilines is 1. The maximum atomic E-state index is 12.2. The highest BCUT2D eigenvalue weighted by Crippen LogP contribution is 2.41. The fourth-order valence-corrected chi connectivity index (χ4v) is 2.17. The van der Waals surface area contributed by atoms with E-state index in [0.29, 0.717) is 5.69 Å². The third-order valence-electron chi connectivity index (χ3n) is 3.51. The van der Waals surface area contributed by atoms with Gasteiger partial charge in [0.15, 0.2) is 11.5 Å². The van der Waals surface area contributed by atoms with Gasteiger partial charge in [-0.1, -0.05) is 17.7 Å². The number of aromatic hydroxyl groups is 3. The van der Waals surface area contributed by atoms with Crippen LogP contribution in [0.1, 0.15) is 5.56 Å². The first-order valence-electron chi connectivity index (χ1n) is 7.13. The summed E-state index contributed by atoms with van der Waals surface area (Å²) in [5.41, 5.74) is 2.19. The maximum absolute atomic E-state index is 12.2. The third-order valence-corrected chi connectivity index (χ3v) is 3.51. The number of carbonyl (C=O) groups excluding carboxylic acids is 1. The molecule has 0 aliphatic heterocycles. The number of amides is 1. The standard InChI is InChI=1S/C17H15N3O4/c1-10-2-4-11(5-3-10)18-17(24)20-9-8-13(19-20)12-6-7-14(21)16(23)15(12)22/h2-9,21-23H,1H3,(H,18,24). The minimum absolute atomic E-state index is 0.201. The van der Waals surface area contributed by atoms with Crippen LogP contribution >= 0.6 is 0 Å². The maximum Gasteiger partial charge on any atom is 0.346 e. The Morgan fingerprint density at radius 1 is 1.00 bits per heavy atom. The lowest BCUT2D eigenvalue weighted by atomic mass is 10.1. The Morgan fingerprint density at radius 3 is 2.42 bits per heavy atom. The molecule has 1 amide bonds. The number of nitrogens with one attached hydrogen (secondary N) is 1. The Bertz CT molecular complexity index is 901. The van der Waals surface area contributed by atoms with E-state index in [4.69, 9.17) is 0 Å². The zero-order valence-corrected chi connectivity index (χ0v) is 12.8. The molecule has 0 aliphatic carbocycles. The molecule has 0 radical (unpaired) electrons. The van der Waals surface area contributed by atoms with Crippen LogP contribution in [0.25, 0.3) is 11.3 Å². The molecule has 0 spiro atoms. The Balaban J connectivity index is 1.84. The number of phenols is 3. The topological polar surface area (TPSA) is 108 Å². The van der Waals surface area contributed by atoms with E-state index in [9.17, 15) is 20.1 Å². The van der Waals surface area contributed by atoms with Crippen molar-refractivity contribution in [1.82, 2.24) is 9.78 Å². The first-order chi connectivity index (χ1) is 11.5. The van der Waals surface area contributed by atoms with Gasteiger partial charge in [0.05, 0.1) is 5.69 Å². The average Bonchev–Trinajstić information content (AvgIpc) is 3.05. The van der Waals surface area contributed by atoms with Gasteiger partial charge in [-0.2, -0.15) is 9.78 Å². The zero-order chi connectivity index (χ0) is 17.3. The van der Waals surface area contributed by atoms with Crippen LogP contribution in [0.4, 0.5) is 10.5 Å². The van der Waals surface area contributed by atoms with Crippen molar-refractivity contribution < 1.29 is 20.1 Å². The minimum atomic E-state index is -0.633. The number of aromatic nitrogens is 2. The number of hydrogen-bond donors (Lipinski definition) is 4. The number of aryl methyl sites for hydroxylation is 1. The number of carbonyl (C=O) groups is 1. The molecule has 0 aliphatic rings. The largest absolute Gasteiger partial charge is 0.504 e. The van der Waals surface area contributed by atoms with Gasteiger partial charge >= 0.3 is 6.03 Å². The lowest BCUT2D eigenvalue weighted by molar-refractivity contribution is 0.251. The third kappa shape index (κ3) is 2.87. The van der Waals surface area contributed by atoms with E-state index in [1.807, 2.05) is 19.1 Å². The van der Waals surface area contributed by atoms with Gasteiger partial charge in [0.25, 0.3) is 0 Å². The van der Waals surface area contributed by atoms with E-state index in [2.05, 4.69) is 10.4 Å². The number of benzene rings is 2. The van der Waals surface area contributed by atoms with Crippen LogP contribution in [0.5, 0.6) is 17.2 Å². The molecule has 0 atom stereocenters. The van der Waals surface area contributed by atoms with Crippen LogP contribution in [-0.2, 0) is 0 Å². The molecule has 122 valence electrons. The number of nitrogens with zero attached hydrogens (tertiary/aromatic N) is 2. The smallest absolute Gasteiger partial charge is 0.346 e. The number of rotatable bonds is 2. The van der Waals surface area contributed by atoms with Gasteiger partial charge in [0, 0.05) is 17.4 Å². The van der Waals surface area contributed by atoms with E-state index >= 15 is 0 Å². The molecular weight excluding hydrogens is 310 g/mol. The molecule has 0 saturated heterocycles. The highest BCUT2D eigenvalue weighted by molar-refractivity contribution is 5.90. The highest BCUT2D eigenvalue weighted by atomic mass is 16.3. The molecule has 3 rings (SSSR count). The van der Waals surface area contributed by atoms with Gasteiger partial charge in [-0.15, -0.1) is 0 Å². The summed E-state index contributed by atoms with van der Waals surface area (Å²) >= 11 is 0. The summed E-state index contributed by atoms with van der Waals surface area (Å²) in [6.45, 7) is 1.95. The van der Waals surface area contributed by atoms with Crippen molar-refractivity contribution in [2.45, 2.75) is 6.92 Å². The Morgan fingerprint density at radius 2 is 1.71 bits per heavy atom. The molecule has 4 N–H and O–H groups in total. The van der Waals surface area contributed by atoms with Gasteiger partial charge in [-0.25, -0.2) is 4.79 Å². The molecule has 0 saturated carbocycles. The lowest BCUT2D eigenvalue weighted by Gasteiger charge is -2.06. The summed E-state index contributed by atoms with van der Waals surface area (Å²) in [6.07, 6.45) is 1.43. The van der Waals surface area contributed by atoms with Gasteiger partial charge in [-0.05, 0) is 37.3 Å². The summed E-state index contributed by atoms with van der Waals surface area (Å²) in [4.78, 5) is 12.2.